The number of carbonyl (C=O) groups is 1. The number of aryl methyl sites for hydroxylation is 1. The van der Waals surface area contributed by atoms with Crippen LogP contribution < -0.4 is 0 Å². The first-order valence-corrected chi connectivity index (χ1v) is 7.70. The number of ketones is 1. The molecule has 0 amide bonds. The maximum Gasteiger partial charge on any atom is 0.174 e. The molecule has 1 heterocycles. The van der Waals surface area contributed by atoms with Gasteiger partial charge in [-0.25, -0.2) is 8.78 Å². The lowest BCUT2D eigenvalue weighted by atomic mass is 10.2. The number of benzene rings is 1. The Kier molecular flexibility index (Phi) is 4.83. The zero-order chi connectivity index (χ0) is 15.6. The van der Waals surface area contributed by atoms with Gasteiger partial charge in [-0.1, -0.05) is 0 Å². The summed E-state index contributed by atoms with van der Waals surface area (Å²) >= 11 is 1.09. The lowest BCUT2D eigenvalue weighted by molar-refractivity contribution is 0.102. The first kappa shape index (κ1) is 15.8. The minimum Gasteiger partial charge on any atom is -0.349 e. The van der Waals surface area contributed by atoms with E-state index in [4.69, 9.17) is 0 Å². The highest BCUT2D eigenvalue weighted by atomic mass is 32.2. The standard InChI is InChI=1S/C16H17F2NOS/c1-4-19-10(2)7-13(11(19)3)15(20)9-21-16-6-5-12(17)8-14(16)18/h5-8H,4,9H2,1-3H3. The van der Waals surface area contributed by atoms with Crippen LogP contribution in [0.15, 0.2) is 29.2 Å². The number of thioether (sulfide) groups is 1. The third-order valence-corrected chi connectivity index (χ3v) is 4.49. The number of hydrogen-bond acceptors (Lipinski definition) is 2. The van der Waals surface area contributed by atoms with Crippen LogP contribution in [0.25, 0.3) is 0 Å². The summed E-state index contributed by atoms with van der Waals surface area (Å²) in [7, 11) is 0. The van der Waals surface area contributed by atoms with Crippen LogP contribution in [-0.2, 0) is 6.54 Å². The SMILES string of the molecule is CCn1c(C)cc(C(=O)CSc2ccc(F)cc2F)c1C. The number of halogens is 2. The molecule has 2 nitrogen and oxygen atoms in total. The normalized spacial score (nSPS) is 10.9. The molecule has 0 atom stereocenters. The zero-order valence-electron chi connectivity index (χ0n) is 12.2. The molecular weight excluding hydrogens is 292 g/mol. The highest BCUT2D eigenvalue weighted by Crippen LogP contribution is 2.24. The molecule has 1 aromatic carbocycles. The molecule has 0 aliphatic heterocycles. The van der Waals surface area contributed by atoms with Crippen molar-refractivity contribution >= 4 is 17.5 Å². The van der Waals surface area contributed by atoms with Crippen LogP contribution in [0.1, 0.15) is 28.7 Å². The van der Waals surface area contributed by atoms with Gasteiger partial charge in [0.25, 0.3) is 0 Å². The Labute approximate surface area is 127 Å². The summed E-state index contributed by atoms with van der Waals surface area (Å²) in [5.41, 5.74) is 2.64. The summed E-state index contributed by atoms with van der Waals surface area (Å²) in [5.74, 6) is -1.16. The van der Waals surface area contributed by atoms with Crippen LogP contribution in [0.4, 0.5) is 8.78 Å². The van der Waals surface area contributed by atoms with Crippen LogP contribution in [0, 0.1) is 25.5 Å². The quantitative estimate of drug-likeness (QED) is 0.604. The summed E-state index contributed by atoms with van der Waals surface area (Å²) in [6.07, 6.45) is 0. The molecule has 0 N–H and O–H groups in total. The number of carbonyl (C=O) groups excluding carboxylic acids is 1. The topological polar surface area (TPSA) is 22.0 Å². The fraction of sp³-hybridized carbons (Fsp3) is 0.312. The van der Waals surface area contributed by atoms with Gasteiger partial charge in [0.15, 0.2) is 5.78 Å². The molecule has 2 rings (SSSR count). The van der Waals surface area contributed by atoms with E-state index in [1.165, 1.54) is 12.1 Å². The Balaban J connectivity index is 2.12. The molecule has 0 unspecified atom stereocenters. The van der Waals surface area contributed by atoms with Gasteiger partial charge < -0.3 is 4.57 Å². The van der Waals surface area contributed by atoms with E-state index in [9.17, 15) is 13.6 Å². The summed E-state index contributed by atoms with van der Waals surface area (Å²) in [6.45, 7) is 6.70. The molecule has 2 aromatic rings. The van der Waals surface area contributed by atoms with Crippen LogP contribution in [0.3, 0.4) is 0 Å². The van der Waals surface area contributed by atoms with Gasteiger partial charge in [-0.15, -0.1) is 11.8 Å². The fourth-order valence-corrected chi connectivity index (χ4v) is 3.19. The molecule has 0 saturated heterocycles. The molecule has 0 radical (unpaired) electrons. The van der Waals surface area contributed by atoms with Crippen molar-refractivity contribution in [2.75, 3.05) is 5.75 Å². The number of aromatic nitrogens is 1. The minimum atomic E-state index is -0.633. The second-order valence-electron chi connectivity index (χ2n) is 4.82. The van der Waals surface area contributed by atoms with Gasteiger partial charge in [-0.3, -0.25) is 4.79 Å². The summed E-state index contributed by atoms with van der Waals surface area (Å²) in [6, 6.07) is 5.25. The lowest BCUT2D eigenvalue weighted by Gasteiger charge is -2.06. The third kappa shape index (κ3) is 3.35. The monoisotopic (exact) mass is 309 g/mol. The fourth-order valence-electron chi connectivity index (χ4n) is 2.38. The van der Waals surface area contributed by atoms with E-state index in [0.29, 0.717) is 5.56 Å². The Hall–Kier alpha value is -1.62. The van der Waals surface area contributed by atoms with Gasteiger partial charge in [0.05, 0.1) is 5.75 Å². The Morgan fingerprint density at radius 1 is 1.24 bits per heavy atom. The molecule has 21 heavy (non-hydrogen) atoms. The van der Waals surface area contributed by atoms with Gasteiger partial charge >= 0.3 is 0 Å². The molecular formula is C16H17F2NOS. The van der Waals surface area contributed by atoms with E-state index < -0.39 is 11.6 Å². The van der Waals surface area contributed by atoms with Crippen molar-refractivity contribution in [3.05, 3.63) is 52.9 Å². The average molecular weight is 309 g/mol. The predicted octanol–water partition coefficient (Wildman–Crippen LogP) is 4.38. The van der Waals surface area contributed by atoms with E-state index in [2.05, 4.69) is 4.57 Å². The summed E-state index contributed by atoms with van der Waals surface area (Å²) in [5, 5.41) is 0. The Morgan fingerprint density at radius 3 is 2.52 bits per heavy atom. The van der Waals surface area contributed by atoms with Crippen molar-refractivity contribution in [3.8, 4) is 0 Å². The van der Waals surface area contributed by atoms with Gasteiger partial charge in [0.2, 0.25) is 0 Å². The van der Waals surface area contributed by atoms with Crippen LogP contribution >= 0.6 is 11.8 Å². The van der Waals surface area contributed by atoms with Gasteiger partial charge in [-0.05, 0) is 39.0 Å². The molecule has 0 aliphatic carbocycles. The van der Waals surface area contributed by atoms with Crippen molar-refractivity contribution < 1.29 is 13.6 Å². The maximum atomic E-state index is 13.5. The van der Waals surface area contributed by atoms with Crippen LogP contribution in [0.5, 0.6) is 0 Å². The van der Waals surface area contributed by atoms with E-state index in [-0.39, 0.29) is 16.4 Å². The predicted molar refractivity (Wildman–Crippen MR) is 81.0 cm³/mol. The molecule has 0 aliphatic rings. The largest absolute Gasteiger partial charge is 0.349 e. The van der Waals surface area contributed by atoms with E-state index >= 15 is 0 Å². The van der Waals surface area contributed by atoms with E-state index in [1.807, 2.05) is 26.8 Å². The first-order valence-electron chi connectivity index (χ1n) is 6.71. The molecule has 0 bridgehead atoms. The maximum absolute atomic E-state index is 13.5. The van der Waals surface area contributed by atoms with Crippen molar-refractivity contribution in [1.29, 1.82) is 0 Å². The molecule has 5 heteroatoms. The van der Waals surface area contributed by atoms with Gasteiger partial charge in [-0.2, -0.15) is 0 Å². The molecule has 0 fully saturated rings. The third-order valence-electron chi connectivity index (χ3n) is 3.44. The first-order chi connectivity index (χ1) is 9.93. The Morgan fingerprint density at radius 2 is 1.95 bits per heavy atom. The summed E-state index contributed by atoms with van der Waals surface area (Å²) < 4.78 is 28.4. The molecule has 0 spiro atoms. The van der Waals surface area contributed by atoms with Crippen molar-refractivity contribution in [2.24, 2.45) is 0 Å². The van der Waals surface area contributed by atoms with Crippen LogP contribution in [-0.4, -0.2) is 16.1 Å². The minimum absolute atomic E-state index is 0.0449. The van der Waals surface area contributed by atoms with Gasteiger partial charge in [0.1, 0.15) is 11.6 Å². The summed E-state index contributed by atoms with van der Waals surface area (Å²) in [4.78, 5) is 12.6. The molecule has 0 saturated carbocycles. The second-order valence-corrected chi connectivity index (χ2v) is 5.83. The molecule has 1 aromatic heterocycles. The van der Waals surface area contributed by atoms with Crippen molar-refractivity contribution in [3.63, 3.8) is 0 Å². The molecule has 112 valence electrons. The number of nitrogens with zero attached hydrogens (tertiary/aromatic N) is 1. The highest BCUT2D eigenvalue weighted by molar-refractivity contribution is 8.00. The van der Waals surface area contributed by atoms with E-state index in [1.54, 1.807) is 0 Å². The zero-order valence-corrected chi connectivity index (χ0v) is 13.1. The van der Waals surface area contributed by atoms with E-state index in [0.717, 1.165) is 35.8 Å². The van der Waals surface area contributed by atoms with Crippen molar-refractivity contribution in [2.45, 2.75) is 32.2 Å². The number of Topliss-reactive ketones (excluding diaryl/α,β-unsaturated/α-hetero) is 1. The van der Waals surface area contributed by atoms with Crippen molar-refractivity contribution in [1.82, 2.24) is 4.57 Å². The average Bonchev–Trinajstić information content (AvgIpc) is 2.72. The lowest BCUT2D eigenvalue weighted by Crippen LogP contribution is -2.06. The second kappa shape index (κ2) is 6.43. The number of hydrogen-bond donors (Lipinski definition) is 0. The van der Waals surface area contributed by atoms with Gasteiger partial charge in [0, 0.05) is 34.5 Å². The highest BCUT2D eigenvalue weighted by Gasteiger charge is 2.16. The smallest absolute Gasteiger partial charge is 0.174 e. The Bertz CT molecular complexity index is 679. The van der Waals surface area contributed by atoms with Crippen LogP contribution in [0.2, 0.25) is 0 Å². The number of rotatable bonds is 5.